The minimum Gasteiger partial charge on any atom is -0.335 e. The molecule has 0 unspecified atom stereocenters. The van der Waals surface area contributed by atoms with Crippen LogP contribution in [0.15, 0.2) is 0 Å². The smallest absolute Gasteiger partial charge is 0.321 e. The summed E-state index contributed by atoms with van der Waals surface area (Å²) in [4.78, 5) is 25.1. The van der Waals surface area contributed by atoms with Gasteiger partial charge in [0.1, 0.15) is 0 Å². The number of nitrogens with one attached hydrogen (secondary N) is 2. The first-order chi connectivity index (χ1) is 8.61. The lowest BCUT2D eigenvalue weighted by molar-refractivity contribution is -0.120. The van der Waals surface area contributed by atoms with Gasteiger partial charge in [-0.25, -0.2) is 4.79 Å². The van der Waals surface area contributed by atoms with Gasteiger partial charge in [0.15, 0.2) is 0 Å². The molecule has 5 heteroatoms. The van der Waals surface area contributed by atoms with E-state index in [1.807, 2.05) is 11.9 Å². The van der Waals surface area contributed by atoms with E-state index >= 15 is 0 Å². The summed E-state index contributed by atoms with van der Waals surface area (Å²) >= 11 is 0. The zero-order valence-electron chi connectivity index (χ0n) is 11.5. The average molecular weight is 255 g/mol. The van der Waals surface area contributed by atoms with Crippen LogP contribution >= 0.6 is 0 Å². The monoisotopic (exact) mass is 255 g/mol. The molecule has 0 aromatic carbocycles. The van der Waals surface area contributed by atoms with Crippen LogP contribution in [0, 0.1) is 0 Å². The normalized spacial score (nSPS) is 15.9. The van der Waals surface area contributed by atoms with Crippen LogP contribution in [0.2, 0.25) is 0 Å². The van der Waals surface area contributed by atoms with E-state index in [1.54, 1.807) is 0 Å². The first kappa shape index (κ1) is 15.0. The molecular weight excluding hydrogens is 230 g/mol. The molecule has 0 atom stereocenters. The summed E-state index contributed by atoms with van der Waals surface area (Å²) < 4.78 is 0. The largest absolute Gasteiger partial charge is 0.335 e. The van der Waals surface area contributed by atoms with Crippen LogP contribution in [0.4, 0.5) is 4.79 Å². The van der Waals surface area contributed by atoms with E-state index in [1.165, 1.54) is 12.8 Å². The number of hydrogen-bond donors (Lipinski definition) is 2. The quantitative estimate of drug-likeness (QED) is 0.756. The molecule has 0 radical (unpaired) electrons. The second kappa shape index (κ2) is 8.08. The van der Waals surface area contributed by atoms with Crippen LogP contribution in [-0.2, 0) is 4.79 Å². The predicted octanol–water partition coefficient (Wildman–Crippen LogP) is 1.49. The molecule has 0 heterocycles. The van der Waals surface area contributed by atoms with Crippen molar-refractivity contribution in [2.45, 2.75) is 51.5 Å². The molecule has 104 valence electrons. The summed E-state index contributed by atoms with van der Waals surface area (Å²) in [6.45, 7) is 3.27. The third-order valence-corrected chi connectivity index (χ3v) is 3.25. The second-order valence-electron chi connectivity index (χ2n) is 5.09. The van der Waals surface area contributed by atoms with Gasteiger partial charge < -0.3 is 5.32 Å². The zero-order chi connectivity index (χ0) is 13.4. The van der Waals surface area contributed by atoms with Crippen LogP contribution < -0.4 is 10.6 Å². The highest BCUT2D eigenvalue weighted by atomic mass is 16.2. The molecule has 18 heavy (non-hydrogen) atoms. The van der Waals surface area contributed by atoms with Crippen LogP contribution in [-0.4, -0.2) is 43.0 Å². The highest BCUT2D eigenvalue weighted by Gasteiger charge is 2.18. The van der Waals surface area contributed by atoms with Crippen molar-refractivity contribution in [3.63, 3.8) is 0 Å². The Labute approximate surface area is 109 Å². The Balaban J connectivity index is 2.16. The number of nitrogens with zero attached hydrogens (tertiary/aromatic N) is 1. The van der Waals surface area contributed by atoms with Crippen molar-refractivity contribution < 1.29 is 9.59 Å². The maximum absolute atomic E-state index is 11.6. The molecule has 1 fully saturated rings. The van der Waals surface area contributed by atoms with Crippen LogP contribution in [0.3, 0.4) is 0 Å². The average Bonchev–Trinajstić information content (AvgIpc) is 2.78. The number of amides is 3. The fourth-order valence-corrected chi connectivity index (χ4v) is 2.21. The van der Waals surface area contributed by atoms with Crippen molar-refractivity contribution in [2.24, 2.45) is 0 Å². The lowest BCUT2D eigenvalue weighted by Crippen LogP contribution is -2.46. The zero-order valence-corrected chi connectivity index (χ0v) is 11.5. The van der Waals surface area contributed by atoms with Gasteiger partial charge in [-0.05, 0) is 32.9 Å². The van der Waals surface area contributed by atoms with Crippen LogP contribution in [0.1, 0.15) is 45.4 Å². The minimum atomic E-state index is -0.351. The summed E-state index contributed by atoms with van der Waals surface area (Å²) in [7, 11) is 1.89. The van der Waals surface area contributed by atoms with Gasteiger partial charge >= 0.3 is 6.03 Å². The van der Waals surface area contributed by atoms with Crippen molar-refractivity contribution in [3.05, 3.63) is 0 Å². The number of carbonyl (C=O) groups is 2. The Morgan fingerprint density at radius 3 is 2.56 bits per heavy atom. The number of carbonyl (C=O) groups excluding carboxylic acids is 2. The van der Waals surface area contributed by atoms with Gasteiger partial charge in [0.05, 0.1) is 6.54 Å². The summed E-state index contributed by atoms with van der Waals surface area (Å²) in [6.07, 6.45) is 6.56. The fourth-order valence-electron chi connectivity index (χ4n) is 2.21. The van der Waals surface area contributed by atoms with Gasteiger partial charge in [0, 0.05) is 6.04 Å². The highest BCUT2D eigenvalue weighted by Crippen LogP contribution is 2.17. The van der Waals surface area contributed by atoms with E-state index in [4.69, 9.17) is 0 Å². The maximum Gasteiger partial charge on any atom is 0.321 e. The molecular formula is C13H25N3O2. The number of rotatable bonds is 6. The molecule has 0 saturated heterocycles. The van der Waals surface area contributed by atoms with Crippen molar-refractivity contribution in [2.75, 3.05) is 20.1 Å². The van der Waals surface area contributed by atoms with E-state index in [9.17, 15) is 9.59 Å². The van der Waals surface area contributed by atoms with Gasteiger partial charge in [-0.15, -0.1) is 0 Å². The van der Waals surface area contributed by atoms with Gasteiger partial charge in [0.25, 0.3) is 0 Å². The summed E-state index contributed by atoms with van der Waals surface area (Å²) in [5, 5.41) is 5.22. The third-order valence-electron chi connectivity index (χ3n) is 3.25. The van der Waals surface area contributed by atoms with Crippen molar-refractivity contribution in [1.82, 2.24) is 15.5 Å². The fraction of sp³-hybridized carbons (Fsp3) is 0.846. The molecule has 1 rings (SSSR count). The van der Waals surface area contributed by atoms with Crippen molar-refractivity contribution >= 4 is 11.9 Å². The lowest BCUT2D eigenvalue weighted by atomic mass is 10.2. The molecule has 2 N–H and O–H groups in total. The first-order valence-electron chi connectivity index (χ1n) is 6.90. The molecule has 5 nitrogen and oxygen atoms in total. The Morgan fingerprint density at radius 2 is 1.94 bits per heavy atom. The van der Waals surface area contributed by atoms with Crippen LogP contribution in [0.5, 0.6) is 0 Å². The molecule has 0 aromatic heterocycles. The van der Waals surface area contributed by atoms with E-state index in [-0.39, 0.29) is 24.5 Å². The van der Waals surface area contributed by atoms with Crippen molar-refractivity contribution in [3.8, 4) is 0 Å². The number of unbranched alkanes of at least 4 members (excludes halogenated alkanes) is 1. The second-order valence-corrected chi connectivity index (χ2v) is 5.09. The van der Waals surface area contributed by atoms with Crippen molar-refractivity contribution in [1.29, 1.82) is 0 Å². The highest BCUT2D eigenvalue weighted by molar-refractivity contribution is 5.95. The van der Waals surface area contributed by atoms with Gasteiger partial charge in [-0.3, -0.25) is 15.0 Å². The SMILES string of the molecule is CCCCN(C)CC(=O)NC(=O)NC1CCCC1. The Morgan fingerprint density at radius 1 is 1.28 bits per heavy atom. The lowest BCUT2D eigenvalue weighted by Gasteiger charge is -2.16. The van der Waals surface area contributed by atoms with E-state index < -0.39 is 0 Å². The minimum absolute atomic E-state index is 0.232. The van der Waals surface area contributed by atoms with E-state index in [0.29, 0.717) is 0 Å². The summed E-state index contributed by atoms with van der Waals surface area (Å²) in [5.74, 6) is -0.232. The van der Waals surface area contributed by atoms with E-state index in [0.717, 1.165) is 32.2 Å². The number of likely N-dealkylation sites (N-methyl/N-ethyl adjacent to an activating group) is 1. The van der Waals surface area contributed by atoms with Gasteiger partial charge in [-0.2, -0.15) is 0 Å². The predicted molar refractivity (Wildman–Crippen MR) is 71.3 cm³/mol. The summed E-state index contributed by atoms with van der Waals surface area (Å²) in [5.41, 5.74) is 0. The molecule has 1 aliphatic carbocycles. The number of imide groups is 1. The molecule has 1 saturated carbocycles. The molecule has 0 aliphatic heterocycles. The number of urea groups is 1. The van der Waals surface area contributed by atoms with E-state index in [2.05, 4.69) is 17.6 Å². The number of hydrogen-bond acceptors (Lipinski definition) is 3. The molecule has 1 aliphatic rings. The molecule has 0 bridgehead atoms. The molecule has 3 amide bonds. The van der Waals surface area contributed by atoms with Gasteiger partial charge in [0.2, 0.25) is 5.91 Å². The standard InChI is InChI=1S/C13H25N3O2/c1-3-4-9-16(2)10-12(17)15-13(18)14-11-7-5-6-8-11/h11H,3-10H2,1-2H3,(H2,14,15,17,18). The topological polar surface area (TPSA) is 61.4 Å². The third kappa shape index (κ3) is 6.00. The molecule has 0 aromatic rings. The first-order valence-corrected chi connectivity index (χ1v) is 6.90. The van der Waals surface area contributed by atoms with Gasteiger partial charge in [-0.1, -0.05) is 26.2 Å². The molecule has 0 spiro atoms. The Bertz CT molecular complexity index is 275. The Kier molecular flexibility index (Phi) is 6.72. The maximum atomic E-state index is 11.6. The Hall–Kier alpha value is -1.10. The van der Waals surface area contributed by atoms with Crippen LogP contribution in [0.25, 0.3) is 0 Å². The summed E-state index contributed by atoms with van der Waals surface area (Å²) in [6, 6.07) is -0.105.